The topological polar surface area (TPSA) is 71.5 Å². The first-order valence-electron chi connectivity index (χ1n) is 9.16. The smallest absolute Gasteiger partial charge is 0.233 e. The summed E-state index contributed by atoms with van der Waals surface area (Å²) < 4.78 is 0. The molecule has 2 aromatic rings. The summed E-state index contributed by atoms with van der Waals surface area (Å²) in [7, 11) is 0. The molecule has 0 radical (unpaired) electrons. The van der Waals surface area contributed by atoms with Gasteiger partial charge in [0.2, 0.25) is 11.8 Å². The van der Waals surface area contributed by atoms with Crippen LogP contribution in [-0.4, -0.2) is 23.4 Å². The van der Waals surface area contributed by atoms with Gasteiger partial charge in [-0.1, -0.05) is 38.3 Å². The van der Waals surface area contributed by atoms with Crippen LogP contribution in [0.25, 0.3) is 11.1 Å². The van der Waals surface area contributed by atoms with Crippen LogP contribution in [0, 0.1) is 0 Å². The Balaban J connectivity index is 2.51. The van der Waals surface area contributed by atoms with Crippen LogP contribution in [0.3, 0.4) is 0 Å². The standard InChI is InChI=1S/C24H23NO4/c1-6-22(27)20-13-10-18(14-21(20)24(29)15(3)4)17-8-11-19(12-9-17)25(16(5)26)23(28)7-2/h6,8-14H,1,3,7H2,2,4-5H3. The van der Waals surface area contributed by atoms with E-state index in [-0.39, 0.29) is 40.9 Å². The molecule has 29 heavy (non-hydrogen) atoms. The molecule has 5 heteroatoms. The number of benzene rings is 2. The number of ketones is 2. The molecule has 2 amide bonds. The molecule has 0 aliphatic rings. The Labute approximate surface area is 170 Å². The molecular weight excluding hydrogens is 366 g/mol. The Morgan fingerprint density at radius 2 is 1.52 bits per heavy atom. The Morgan fingerprint density at radius 1 is 0.931 bits per heavy atom. The Hall–Kier alpha value is -3.60. The molecule has 148 valence electrons. The summed E-state index contributed by atoms with van der Waals surface area (Å²) in [6.45, 7) is 11.8. The van der Waals surface area contributed by atoms with E-state index in [1.165, 1.54) is 13.0 Å². The van der Waals surface area contributed by atoms with E-state index in [0.29, 0.717) is 11.3 Å². The first kappa shape index (κ1) is 21.7. The number of amides is 2. The van der Waals surface area contributed by atoms with Gasteiger partial charge in [0.05, 0.1) is 5.69 Å². The number of carbonyl (C=O) groups is 4. The zero-order valence-corrected chi connectivity index (χ0v) is 16.8. The first-order valence-corrected chi connectivity index (χ1v) is 9.16. The Bertz CT molecular complexity index is 1020. The van der Waals surface area contributed by atoms with Gasteiger partial charge >= 0.3 is 0 Å². The lowest BCUT2D eigenvalue weighted by Gasteiger charge is -2.19. The maximum Gasteiger partial charge on any atom is 0.233 e. The van der Waals surface area contributed by atoms with Crippen LogP contribution < -0.4 is 4.90 Å². The number of imide groups is 1. The SMILES string of the molecule is C=CC(=O)c1ccc(-c2ccc(N(C(C)=O)C(=O)CC)cc2)cc1C(=O)C(=C)C. The third-order valence-corrected chi connectivity index (χ3v) is 4.43. The van der Waals surface area contributed by atoms with Gasteiger partial charge in [-0.25, -0.2) is 0 Å². The van der Waals surface area contributed by atoms with E-state index in [1.54, 1.807) is 56.3 Å². The lowest BCUT2D eigenvalue weighted by atomic mass is 9.92. The fourth-order valence-electron chi connectivity index (χ4n) is 2.93. The van der Waals surface area contributed by atoms with Gasteiger partial charge in [-0.3, -0.25) is 24.1 Å². The molecule has 0 unspecified atom stereocenters. The second kappa shape index (κ2) is 9.06. The summed E-state index contributed by atoms with van der Waals surface area (Å²) in [6.07, 6.45) is 1.38. The lowest BCUT2D eigenvalue weighted by Crippen LogP contribution is -2.34. The molecule has 0 saturated heterocycles. The highest BCUT2D eigenvalue weighted by molar-refractivity contribution is 6.18. The highest BCUT2D eigenvalue weighted by atomic mass is 16.2. The first-order chi connectivity index (χ1) is 13.7. The van der Waals surface area contributed by atoms with E-state index in [2.05, 4.69) is 13.2 Å². The summed E-state index contributed by atoms with van der Waals surface area (Å²) in [5, 5.41) is 0. The molecule has 0 atom stereocenters. The number of nitrogens with zero attached hydrogens (tertiary/aromatic N) is 1. The average Bonchev–Trinajstić information content (AvgIpc) is 2.72. The molecule has 0 aliphatic heterocycles. The van der Waals surface area contributed by atoms with E-state index in [1.807, 2.05) is 0 Å². The van der Waals surface area contributed by atoms with Crippen LogP contribution in [0.15, 0.2) is 67.3 Å². The second-order valence-corrected chi connectivity index (χ2v) is 6.59. The van der Waals surface area contributed by atoms with Gasteiger partial charge in [-0.05, 0) is 54.0 Å². The molecule has 2 aromatic carbocycles. The van der Waals surface area contributed by atoms with Gasteiger partial charge in [-0.15, -0.1) is 0 Å². The molecule has 0 fully saturated rings. The fourth-order valence-corrected chi connectivity index (χ4v) is 2.93. The number of anilines is 1. The monoisotopic (exact) mass is 389 g/mol. The predicted octanol–water partition coefficient (Wildman–Crippen LogP) is 4.77. The van der Waals surface area contributed by atoms with Crippen molar-refractivity contribution in [1.82, 2.24) is 0 Å². The number of rotatable bonds is 7. The summed E-state index contributed by atoms with van der Waals surface area (Å²) >= 11 is 0. The van der Waals surface area contributed by atoms with E-state index in [9.17, 15) is 19.2 Å². The van der Waals surface area contributed by atoms with Gasteiger partial charge in [-0.2, -0.15) is 0 Å². The van der Waals surface area contributed by atoms with Crippen LogP contribution in [0.2, 0.25) is 0 Å². The summed E-state index contributed by atoms with van der Waals surface area (Å²) in [5.41, 5.74) is 2.82. The molecule has 0 aliphatic carbocycles. The van der Waals surface area contributed by atoms with Gasteiger partial charge in [0.25, 0.3) is 0 Å². The highest BCUT2D eigenvalue weighted by Gasteiger charge is 2.19. The molecule has 0 heterocycles. The molecule has 0 aromatic heterocycles. The normalized spacial score (nSPS) is 10.2. The quantitative estimate of drug-likeness (QED) is 0.505. The van der Waals surface area contributed by atoms with Crippen molar-refractivity contribution in [2.75, 3.05) is 4.90 Å². The second-order valence-electron chi connectivity index (χ2n) is 6.59. The fraction of sp³-hybridized carbons (Fsp3) is 0.167. The minimum atomic E-state index is -0.355. The third-order valence-electron chi connectivity index (χ3n) is 4.43. The largest absolute Gasteiger partial charge is 0.289 e. The van der Waals surface area contributed by atoms with Crippen molar-refractivity contribution in [2.45, 2.75) is 27.2 Å². The number of carbonyl (C=O) groups excluding carboxylic acids is 4. The molecule has 2 rings (SSSR count). The number of allylic oxidation sites excluding steroid dienone is 2. The van der Waals surface area contributed by atoms with Crippen LogP contribution in [0.1, 0.15) is 47.9 Å². The summed E-state index contributed by atoms with van der Waals surface area (Å²) in [4.78, 5) is 49.6. The van der Waals surface area contributed by atoms with E-state index in [0.717, 1.165) is 16.0 Å². The average molecular weight is 389 g/mol. The van der Waals surface area contributed by atoms with E-state index < -0.39 is 0 Å². The van der Waals surface area contributed by atoms with E-state index >= 15 is 0 Å². The molecule has 0 bridgehead atoms. The van der Waals surface area contributed by atoms with Crippen LogP contribution in [0.4, 0.5) is 5.69 Å². The predicted molar refractivity (Wildman–Crippen MR) is 114 cm³/mol. The zero-order chi connectivity index (χ0) is 21.7. The number of hydrogen-bond acceptors (Lipinski definition) is 4. The maximum atomic E-state index is 12.5. The molecule has 5 nitrogen and oxygen atoms in total. The van der Waals surface area contributed by atoms with Gasteiger partial charge in [0.15, 0.2) is 11.6 Å². The number of hydrogen-bond donors (Lipinski definition) is 0. The minimum Gasteiger partial charge on any atom is -0.289 e. The van der Waals surface area contributed by atoms with Gasteiger partial charge in [0.1, 0.15) is 0 Å². The van der Waals surface area contributed by atoms with Crippen molar-refractivity contribution >= 4 is 29.1 Å². The maximum absolute atomic E-state index is 12.5. The van der Waals surface area contributed by atoms with Crippen molar-refractivity contribution in [1.29, 1.82) is 0 Å². The van der Waals surface area contributed by atoms with Gasteiger partial charge in [0, 0.05) is 24.5 Å². The lowest BCUT2D eigenvalue weighted by molar-refractivity contribution is -0.125. The molecule has 0 saturated carbocycles. The van der Waals surface area contributed by atoms with Crippen molar-refractivity contribution in [3.05, 3.63) is 78.4 Å². The van der Waals surface area contributed by atoms with Crippen molar-refractivity contribution in [3.63, 3.8) is 0 Å². The van der Waals surface area contributed by atoms with Gasteiger partial charge < -0.3 is 0 Å². The number of Topliss-reactive ketones (excluding diaryl/α,β-unsaturated/α-hetero) is 1. The minimum absolute atomic E-state index is 0.215. The molecule has 0 N–H and O–H groups in total. The van der Waals surface area contributed by atoms with Crippen molar-refractivity contribution in [3.8, 4) is 11.1 Å². The van der Waals surface area contributed by atoms with Crippen molar-refractivity contribution < 1.29 is 19.2 Å². The Kier molecular flexibility index (Phi) is 6.78. The zero-order valence-electron chi connectivity index (χ0n) is 16.8. The van der Waals surface area contributed by atoms with E-state index in [4.69, 9.17) is 0 Å². The van der Waals surface area contributed by atoms with Crippen LogP contribution in [0.5, 0.6) is 0 Å². The highest BCUT2D eigenvalue weighted by Crippen LogP contribution is 2.27. The summed E-state index contributed by atoms with van der Waals surface area (Å²) in [6, 6.07) is 11.8. The Morgan fingerprint density at radius 3 is 2.00 bits per heavy atom. The van der Waals surface area contributed by atoms with Crippen molar-refractivity contribution in [2.24, 2.45) is 0 Å². The molecular formula is C24H23NO4. The van der Waals surface area contributed by atoms with Crippen LogP contribution in [-0.2, 0) is 9.59 Å². The molecule has 0 spiro atoms. The van der Waals surface area contributed by atoms with Crippen LogP contribution >= 0.6 is 0 Å². The summed E-state index contributed by atoms with van der Waals surface area (Å²) in [5.74, 6) is -1.30. The third kappa shape index (κ3) is 4.63.